The van der Waals surface area contributed by atoms with E-state index in [4.69, 9.17) is 10.8 Å². The van der Waals surface area contributed by atoms with E-state index in [0.29, 0.717) is 16.6 Å². The molecule has 1 unspecified atom stereocenters. The maximum atomic E-state index is 12.2. The molecule has 1 amide bonds. The molecule has 1 rings (SSSR count). The van der Waals surface area contributed by atoms with Crippen molar-refractivity contribution in [2.45, 2.75) is 27.2 Å². The molecule has 0 saturated carbocycles. The quantitative estimate of drug-likeness (QED) is 0.755. The van der Waals surface area contributed by atoms with Crippen LogP contribution in [0.3, 0.4) is 0 Å². The van der Waals surface area contributed by atoms with Crippen molar-refractivity contribution in [1.82, 2.24) is 0 Å². The highest BCUT2D eigenvalue weighted by atomic mass is 79.9. The van der Waals surface area contributed by atoms with Crippen molar-refractivity contribution in [3.05, 3.63) is 28.2 Å². The number of carboxylic acids is 1. The predicted octanol–water partition coefficient (Wildman–Crippen LogP) is 3.10. The molecule has 6 heteroatoms. The van der Waals surface area contributed by atoms with Crippen LogP contribution in [0.1, 0.15) is 37.6 Å². The average molecular weight is 357 g/mol. The zero-order valence-corrected chi connectivity index (χ0v) is 14.0. The summed E-state index contributed by atoms with van der Waals surface area (Å²) in [7, 11) is 0. The van der Waals surface area contributed by atoms with Gasteiger partial charge in [-0.3, -0.25) is 4.79 Å². The molecule has 1 aromatic rings. The molecule has 0 aliphatic rings. The first-order valence-corrected chi connectivity index (χ1v) is 7.47. The standard InChI is InChI=1S/C15H21BrN2O3/c1-15(2,3)7-9(8-17)13(19)18-10-4-5-12(16)11(6-10)14(20)21/h4-6,9H,7-8,17H2,1-3H3,(H,18,19)(H,20,21). The maximum absolute atomic E-state index is 12.2. The lowest BCUT2D eigenvalue weighted by Gasteiger charge is -2.24. The van der Waals surface area contributed by atoms with Crippen molar-refractivity contribution in [3.8, 4) is 0 Å². The Morgan fingerprint density at radius 2 is 2.00 bits per heavy atom. The lowest BCUT2D eigenvalue weighted by molar-refractivity contribution is -0.120. The van der Waals surface area contributed by atoms with Crippen molar-refractivity contribution in [3.63, 3.8) is 0 Å². The van der Waals surface area contributed by atoms with Gasteiger partial charge in [0.05, 0.1) is 11.5 Å². The van der Waals surface area contributed by atoms with Crippen molar-refractivity contribution >= 4 is 33.5 Å². The number of hydrogen-bond acceptors (Lipinski definition) is 3. The third-order valence-corrected chi connectivity index (χ3v) is 3.67. The summed E-state index contributed by atoms with van der Waals surface area (Å²) in [5, 5.41) is 11.8. The zero-order chi connectivity index (χ0) is 16.2. The van der Waals surface area contributed by atoms with Gasteiger partial charge in [0.15, 0.2) is 0 Å². The topological polar surface area (TPSA) is 92.4 Å². The first kappa shape index (κ1) is 17.7. The fourth-order valence-corrected chi connectivity index (χ4v) is 2.45. The van der Waals surface area contributed by atoms with Gasteiger partial charge in [0.25, 0.3) is 0 Å². The molecule has 1 aromatic carbocycles. The van der Waals surface area contributed by atoms with Crippen LogP contribution in [-0.4, -0.2) is 23.5 Å². The molecule has 21 heavy (non-hydrogen) atoms. The highest BCUT2D eigenvalue weighted by Gasteiger charge is 2.24. The maximum Gasteiger partial charge on any atom is 0.336 e. The van der Waals surface area contributed by atoms with Crippen molar-refractivity contribution in [2.75, 3.05) is 11.9 Å². The van der Waals surface area contributed by atoms with Gasteiger partial charge in [-0.05, 0) is 46.0 Å². The van der Waals surface area contributed by atoms with Gasteiger partial charge in [-0.15, -0.1) is 0 Å². The average Bonchev–Trinajstić information content (AvgIpc) is 2.36. The molecule has 1 atom stereocenters. The molecule has 0 aliphatic heterocycles. The third-order valence-electron chi connectivity index (χ3n) is 2.98. The molecule has 0 fully saturated rings. The van der Waals surface area contributed by atoms with Gasteiger partial charge >= 0.3 is 5.97 Å². The summed E-state index contributed by atoms with van der Waals surface area (Å²) in [5.74, 6) is -1.55. The van der Waals surface area contributed by atoms with Crippen LogP contribution in [-0.2, 0) is 4.79 Å². The predicted molar refractivity (Wildman–Crippen MR) is 86.3 cm³/mol. The van der Waals surface area contributed by atoms with E-state index >= 15 is 0 Å². The highest BCUT2D eigenvalue weighted by Crippen LogP contribution is 2.26. The van der Waals surface area contributed by atoms with Crippen LogP contribution in [0, 0.1) is 11.3 Å². The van der Waals surface area contributed by atoms with Gasteiger partial charge in [-0.2, -0.15) is 0 Å². The van der Waals surface area contributed by atoms with Crippen LogP contribution in [0.5, 0.6) is 0 Å². The van der Waals surface area contributed by atoms with E-state index in [1.54, 1.807) is 12.1 Å². The Bertz CT molecular complexity index is 538. The second-order valence-electron chi connectivity index (χ2n) is 6.19. The molecule has 0 aromatic heterocycles. The van der Waals surface area contributed by atoms with E-state index in [1.165, 1.54) is 6.07 Å². The molecule has 0 aliphatic carbocycles. The number of rotatable bonds is 5. The molecular formula is C15H21BrN2O3. The van der Waals surface area contributed by atoms with Gasteiger partial charge in [0.2, 0.25) is 5.91 Å². The van der Waals surface area contributed by atoms with Crippen LogP contribution in [0.25, 0.3) is 0 Å². The largest absolute Gasteiger partial charge is 0.478 e. The fraction of sp³-hybridized carbons (Fsp3) is 0.467. The molecule has 0 radical (unpaired) electrons. The van der Waals surface area contributed by atoms with Crippen molar-refractivity contribution in [2.24, 2.45) is 17.1 Å². The van der Waals surface area contributed by atoms with E-state index in [-0.39, 0.29) is 29.3 Å². The van der Waals surface area contributed by atoms with Crippen LogP contribution in [0.4, 0.5) is 5.69 Å². The number of carbonyl (C=O) groups excluding carboxylic acids is 1. The molecule has 5 nitrogen and oxygen atoms in total. The minimum Gasteiger partial charge on any atom is -0.478 e. The summed E-state index contributed by atoms with van der Waals surface area (Å²) in [6, 6.07) is 4.67. The van der Waals surface area contributed by atoms with Gasteiger partial charge in [-0.25, -0.2) is 4.79 Å². The van der Waals surface area contributed by atoms with Crippen molar-refractivity contribution in [1.29, 1.82) is 0 Å². The van der Waals surface area contributed by atoms with Gasteiger partial charge in [0, 0.05) is 16.7 Å². The van der Waals surface area contributed by atoms with E-state index in [0.717, 1.165) is 0 Å². The lowest BCUT2D eigenvalue weighted by Crippen LogP contribution is -2.32. The number of benzene rings is 1. The van der Waals surface area contributed by atoms with E-state index in [1.807, 2.05) is 20.8 Å². The van der Waals surface area contributed by atoms with E-state index < -0.39 is 5.97 Å². The number of nitrogens with two attached hydrogens (primary N) is 1. The molecule has 116 valence electrons. The molecule has 0 bridgehead atoms. The van der Waals surface area contributed by atoms with Crippen LogP contribution >= 0.6 is 15.9 Å². The molecule has 0 heterocycles. The SMILES string of the molecule is CC(C)(C)CC(CN)C(=O)Nc1ccc(Br)c(C(=O)O)c1. The summed E-state index contributed by atoms with van der Waals surface area (Å²) < 4.78 is 0.470. The first-order valence-electron chi connectivity index (χ1n) is 6.68. The number of aromatic carboxylic acids is 1. The lowest BCUT2D eigenvalue weighted by atomic mass is 9.84. The summed E-state index contributed by atoms with van der Waals surface area (Å²) in [6.45, 7) is 6.40. The monoisotopic (exact) mass is 356 g/mol. The Morgan fingerprint density at radius 1 is 1.38 bits per heavy atom. The summed E-state index contributed by atoms with van der Waals surface area (Å²) in [6.07, 6.45) is 0.664. The second kappa shape index (κ2) is 7.04. The van der Waals surface area contributed by atoms with Gasteiger partial charge in [-0.1, -0.05) is 20.8 Å². The minimum absolute atomic E-state index is 0.00663. The van der Waals surface area contributed by atoms with Crippen molar-refractivity contribution < 1.29 is 14.7 Å². The normalized spacial score (nSPS) is 12.8. The Morgan fingerprint density at radius 3 is 2.48 bits per heavy atom. The van der Waals surface area contributed by atoms with Gasteiger partial charge < -0.3 is 16.2 Å². The second-order valence-corrected chi connectivity index (χ2v) is 7.04. The summed E-state index contributed by atoms with van der Waals surface area (Å²) in [4.78, 5) is 23.3. The third kappa shape index (κ3) is 5.47. The number of carbonyl (C=O) groups is 2. The Kier molecular flexibility index (Phi) is 5.92. The summed E-state index contributed by atoms with van der Waals surface area (Å²) >= 11 is 3.17. The fourth-order valence-electron chi connectivity index (χ4n) is 2.03. The number of hydrogen-bond donors (Lipinski definition) is 3. The highest BCUT2D eigenvalue weighted by molar-refractivity contribution is 9.10. The Hall–Kier alpha value is -1.40. The number of halogens is 1. The number of amides is 1. The zero-order valence-electron chi connectivity index (χ0n) is 12.4. The molecular weight excluding hydrogens is 336 g/mol. The van der Waals surface area contributed by atoms with E-state index in [2.05, 4.69) is 21.2 Å². The molecule has 0 saturated heterocycles. The van der Waals surface area contributed by atoms with E-state index in [9.17, 15) is 9.59 Å². The Balaban J connectivity index is 2.87. The molecule has 4 N–H and O–H groups in total. The summed E-state index contributed by atoms with van der Waals surface area (Å²) in [5.41, 5.74) is 6.22. The molecule has 0 spiro atoms. The first-order chi connectivity index (χ1) is 9.64. The number of nitrogens with one attached hydrogen (secondary N) is 1. The number of carboxylic acid groups (broad SMARTS) is 1. The van der Waals surface area contributed by atoms with Crippen LogP contribution < -0.4 is 11.1 Å². The van der Waals surface area contributed by atoms with Gasteiger partial charge in [0.1, 0.15) is 0 Å². The van der Waals surface area contributed by atoms with Crippen LogP contribution in [0.2, 0.25) is 0 Å². The van der Waals surface area contributed by atoms with Crippen LogP contribution in [0.15, 0.2) is 22.7 Å². The number of anilines is 1. The Labute approximate surface area is 133 Å². The minimum atomic E-state index is -1.05. The smallest absolute Gasteiger partial charge is 0.336 e.